The molecule has 0 bridgehead atoms. The Morgan fingerprint density at radius 2 is 1.66 bits per heavy atom. The van der Waals surface area contributed by atoms with Gasteiger partial charge in [0.25, 0.3) is 0 Å². The third kappa shape index (κ3) is 4.58. The summed E-state index contributed by atoms with van der Waals surface area (Å²) in [6.07, 6.45) is 4.72. The van der Waals surface area contributed by atoms with Crippen molar-refractivity contribution in [2.24, 2.45) is 0 Å². The van der Waals surface area contributed by atoms with E-state index in [1.807, 2.05) is 12.1 Å². The second kappa shape index (κ2) is 7.98. The fourth-order valence-corrected chi connectivity index (χ4v) is 3.86. The van der Waals surface area contributed by atoms with Crippen LogP contribution in [0.2, 0.25) is 5.02 Å². The molecule has 29 heavy (non-hydrogen) atoms. The number of aromatic nitrogens is 3. The third-order valence-corrected chi connectivity index (χ3v) is 5.88. The maximum atomic E-state index is 11.1. The molecule has 0 atom stereocenters. The molecular weight excluding hydrogens is 382 g/mol. The van der Waals surface area contributed by atoms with Crippen LogP contribution < -0.4 is 0 Å². The zero-order valence-electron chi connectivity index (χ0n) is 18.4. The van der Waals surface area contributed by atoms with Crippen molar-refractivity contribution in [1.29, 1.82) is 0 Å². The monoisotopic (exact) mass is 413 g/mol. The van der Waals surface area contributed by atoms with Gasteiger partial charge in [-0.25, -0.2) is 0 Å². The van der Waals surface area contributed by atoms with E-state index in [1.54, 1.807) is 12.1 Å². The van der Waals surface area contributed by atoms with Gasteiger partial charge in [-0.05, 0) is 47.1 Å². The molecule has 0 saturated carbocycles. The Bertz CT molecular complexity index is 1010. The highest BCUT2D eigenvalue weighted by atomic mass is 35.5. The van der Waals surface area contributed by atoms with Gasteiger partial charge in [-0.1, -0.05) is 78.5 Å². The number of phenols is 1. The van der Waals surface area contributed by atoms with Crippen molar-refractivity contribution >= 4 is 22.6 Å². The molecule has 3 aromatic rings. The normalized spacial score (nSPS) is 12.7. The number of benzene rings is 2. The summed E-state index contributed by atoms with van der Waals surface area (Å²) in [6, 6.07) is 9.64. The van der Waals surface area contributed by atoms with Gasteiger partial charge in [0.1, 0.15) is 22.5 Å². The van der Waals surface area contributed by atoms with E-state index in [9.17, 15) is 5.11 Å². The lowest BCUT2D eigenvalue weighted by atomic mass is 9.76. The van der Waals surface area contributed by atoms with Crippen molar-refractivity contribution < 1.29 is 5.11 Å². The van der Waals surface area contributed by atoms with Gasteiger partial charge in [-0.2, -0.15) is 0 Å². The molecule has 0 radical (unpaired) electrons. The maximum Gasteiger partial charge on any atom is 0.146 e. The summed E-state index contributed by atoms with van der Waals surface area (Å²) in [6.45, 7) is 13.1. The topological polar surface area (TPSA) is 50.9 Å². The number of hydrogen-bond acceptors (Lipinski definition) is 3. The Morgan fingerprint density at radius 3 is 2.31 bits per heavy atom. The SMILES string of the molecule is CCCCCC(C)(C)c1cc(-n2nc3ccc(Cl)cc3n2)c(O)c(C(C)(C)C)c1. The number of rotatable bonds is 6. The third-order valence-electron chi connectivity index (χ3n) is 5.64. The van der Waals surface area contributed by atoms with Crippen LogP contribution in [-0.4, -0.2) is 20.1 Å². The summed E-state index contributed by atoms with van der Waals surface area (Å²) >= 11 is 6.11. The molecule has 1 aromatic heterocycles. The largest absolute Gasteiger partial charge is 0.505 e. The van der Waals surface area contributed by atoms with E-state index in [-0.39, 0.29) is 16.6 Å². The second-order valence-electron chi connectivity index (χ2n) is 9.61. The summed E-state index contributed by atoms with van der Waals surface area (Å²) in [7, 11) is 0. The quantitative estimate of drug-likeness (QED) is 0.445. The highest BCUT2D eigenvalue weighted by molar-refractivity contribution is 6.31. The average molecular weight is 414 g/mol. The summed E-state index contributed by atoms with van der Waals surface area (Å²) in [5, 5.41) is 20.9. The number of phenolic OH excluding ortho intramolecular Hbond substituents is 1. The minimum atomic E-state index is -0.204. The molecule has 3 rings (SSSR count). The van der Waals surface area contributed by atoms with E-state index in [4.69, 9.17) is 11.6 Å². The van der Waals surface area contributed by atoms with E-state index in [0.717, 1.165) is 17.5 Å². The molecule has 4 nitrogen and oxygen atoms in total. The molecule has 0 aliphatic heterocycles. The van der Waals surface area contributed by atoms with Crippen molar-refractivity contribution in [1.82, 2.24) is 15.0 Å². The Labute approximate surface area is 178 Å². The van der Waals surface area contributed by atoms with Crippen molar-refractivity contribution in [2.45, 2.75) is 78.1 Å². The molecule has 0 fully saturated rings. The van der Waals surface area contributed by atoms with Crippen LogP contribution in [0, 0.1) is 0 Å². The molecule has 0 saturated heterocycles. The van der Waals surface area contributed by atoms with Crippen LogP contribution in [0.1, 0.15) is 78.4 Å². The number of hydrogen-bond donors (Lipinski definition) is 1. The number of unbranched alkanes of at least 4 members (excludes halogenated alkanes) is 2. The van der Waals surface area contributed by atoms with Crippen LogP contribution in [0.3, 0.4) is 0 Å². The van der Waals surface area contributed by atoms with E-state index in [0.29, 0.717) is 16.2 Å². The first-order valence-electron chi connectivity index (χ1n) is 10.4. The molecule has 0 spiro atoms. The zero-order chi connectivity index (χ0) is 21.4. The number of aromatic hydroxyl groups is 1. The second-order valence-corrected chi connectivity index (χ2v) is 10.0. The highest BCUT2D eigenvalue weighted by Gasteiger charge is 2.28. The van der Waals surface area contributed by atoms with E-state index < -0.39 is 0 Å². The Hall–Kier alpha value is -2.07. The van der Waals surface area contributed by atoms with Crippen molar-refractivity contribution in [2.75, 3.05) is 0 Å². The first-order valence-corrected chi connectivity index (χ1v) is 10.8. The number of halogens is 1. The van der Waals surface area contributed by atoms with Gasteiger partial charge >= 0.3 is 0 Å². The predicted molar refractivity (Wildman–Crippen MR) is 121 cm³/mol. The first kappa shape index (κ1) is 21.6. The Balaban J connectivity index is 2.16. The lowest BCUT2D eigenvalue weighted by Crippen LogP contribution is -2.21. The highest BCUT2D eigenvalue weighted by Crippen LogP contribution is 2.40. The molecular formula is C24H32ClN3O. The summed E-state index contributed by atoms with van der Waals surface area (Å²) < 4.78 is 0. The minimum absolute atomic E-state index is 0.00644. The van der Waals surface area contributed by atoms with Gasteiger partial charge in [0, 0.05) is 10.6 Å². The molecule has 1 heterocycles. The summed E-state index contributed by atoms with van der Waals surface area (Å²) in [5.74, 6) is 0.233. The van der Waals surface area contributed by atoms with Crippen LogP contribution in [0.4, 0.5) is 0 Å². The van der Waals surface area contributed by atoms with Gasteiger partial charge in [-0.15, -0.1) is 15.0 Å². The molecule has 0 unspecified atom stereocenters. The van der Waals surface area contributed by atoms with Gasteiger partial charge in [0.15, 0.2) is 0 Å². The summed E-state index contributed by atoms with van der Waals surface area (Å²) in [4.78, 5) is 1.54. The van der Waals surface area contributed by atoms with E-state index in [1.165, 1.54) is 29.6 Å². The molecule has 0 aliphatic carbocycles. The van der Waals surface area contributed by atoms with Crippen LogP contribution in [0.5, 0.6) is 5.75 Å². The molecule has 0 aliphatic rings. The molecule has 5 heteroatoms. The summed E-state index contributed by atoms with van der Waals surface area (Å²) in [5.41, 5.74) is 3.97. The molecule has 2 aromatic carbocycles. The van der Waals surface area contributed by atoms with Crippen LogP contribution in [0.15, 0.2) is 30.3 Å². The Kier molecular flexibility index (Phi) is 5.96. The molecule has 0 amide bonds. The van der Waals surface area contributed by atoms with Crippen molar-refractivity contribution in [3.05, 3.63) is 46.5 Å². The van der Waals surface area contributed by atoms with Crippen molar-refractivity contribution in [3.8, 4) is 11.4 Å². The van der Waals surface area contributed by atoms with Crippen LogP contribution in [-0.2, 0) is 10.8 Å². The predicted octanol–water partition coefficient (Wildman–Crippen LogP) is 6.93. The molecule has 156 valence electrons. The fourth-order valence-electron chi connectivity index (χ4n) is 3.69. The standard InChI is InChI=1S/C24H32ClN3O/c1-7-8-9-12-24(5,6)16-13-18(23(2,3)4)22(29)21(14-16)28-26-19-11-10-17(25)15-20(19)27-28/h10-11,13-15,29H,7-9,12H2,1-6H3. The zero-order valence-corrected chi connectivity index (χ0v) is 19.1. The number of fused-ring (bicyclic) bond motifs is 1. The first-order chi connectivity index (χ1) is 13.5. The van der Waals surface area contributed by atoms with E-state index in [2.05, 4.69) is 57.8 Å². The fraction of sp³-hybridized carbons (Fsp3) is 0.500. The lowest BCUT2D eigenvalue weighted by molar-refractivity contribution is 0.428. The van der Waals surface area contributed by atoms with Crippen molar-refractivity contribution in [3.63, 3.8) is 0 Å². The lowest BCUT2D eigenvalue weighted by Gasteiger charge is -2.30. The van der Waals surface area contributed by atoms with Gasteiger partial charge in [-0.3, -0.25) is 0 Å². The van der Waals surface area contributed by atoms with Crippen LogP contribution in [0.25, 0.3) is 16.7 Å². The smallest absolute Gasteiger partial charge is 0.146 e. The van der Waals surface area contributed by atoms with Gasteiger partial charge < -0.3 is 5.11 Å². The maximum absolute atomic E-state index is 11.1. The van der Waals surface area contributed by atoms with Crippen LogP contribution >= 0.6 is 11.6 Å². The number of nitrogens with zero attached hydrogens (tertiary/aromatic N) is 3. The average Bonchev–Trinajstić information content (AvgIpc) is 3.03. The molecule has 1 N–H and O–H groups in total. The van der Waals surface area contributed by atoms with Gasteiger partial charge in [0.2, 0.25) is 0 Å². The minimum Gasteiger partial charge on any atom is -0.505 e. The Morgan fingerprint density at radius 1 is 0.966 bits per heavy atom. The van der Waals surface area contributed by atoms with E-state index >= 15 is 0 Å². The van der Waals surface area contributed by atoms with Gasteiger partial charge in [0.05, 0.1) is 0 Å².